The van der Waals surface area contributed by atoms with Crippen LogP contribution in [0.25, 0.3) is 0 Å². The Hall–Kier alpha value is -2.26. The van der Waals surface area contributed by atoms with Gasteiger partial charge in [0.05, 0.1) is 10.6 Å². The first-order chi connectivity index (χ1) is 12.0. The Balaban J connectivity index is 2.21. The number of alkyl halides is 3. The van der Waals surface area contributed by atoms with Gasteiger partial charge in [-0.05, 0) is 42.5 Å². The highest BCUT2D eigenvalue weighted by atomic mass is 35.5. The average Bonchev–Trinajstić information content (AvgIpc) is 2.52. The van der Waals surface area contributed by atoms with Crippen molar-refractivity contribution in [2.24, 2.45) is 0 Å². The van der Waals surface area contributed by atoms with Gasteiger partial charge < -0.3 is 10.1 Å². The molecule has 140 valence electrons. The second-order valence-corrected chi connectivity index (χ2v) is 7.75. The smallest absolute Gasteiger partial charge is 0.422 e. The van der Waals surface area contributed by atoms with Gasteiger partial charge in [-0.3, -0.25) is 4.79 Å². The maximum Gasteiger partial charge on any atom is 0.422 e. The monoisotopic (exact) mass is 407 g/mol. The summed E-state index contributed by atoms with van der Waals surface area (Å²) in [6.07, 6.45) is -3.51. The zero-order valence-electron chi connectivity index (χ0n) is 13.3. The summed E-state index contributed by atoms with van der Waals surface area (Å²) >= 11 is 5.81. The van der Waals surface area contributed by atoms with E-state index in [0.29, 0.717) is 0 Å². The standard InChI is InChI=1S/C16H13ClF3NO4S/c1-26(23,24)12-5-2-10(3-6-12)15(22)21-13-8-11(17)4-7-14(13)25-9-16(18,19)20/h2-8H,9H2,1H3,(H,21,22). The first-order valence-corrected chi connectivity index (χ1v) is 9.33. The number of halogens is 4. The highest BCUT2D eigenvalue weighted by molar-refractivity contribution is 7.90. The third-order valence-electron chi connectivity index (χ3n) is 3.13. The van der Waals surface area contributed by atoms with Crippen LogP contribution in [-0.4, -0.2) is 33.4 Å². The van der Waals surface area contributed by atoms with Crippen LogP contribution < -0.4 is 10.1 Å². The van der Waals surface area contributed by atoms with Gasteiger partial charge in [-0.25, -0.2) is 8.42 Å². The number of benzene rings is 2. The van der Waals surface area contributed by atoms with Gasteiger partial charge in [-0.2, -0.15) is 13.2 Å². The zero-order valence-corrected chi connectivity index (χ0v) is 14.9. The summed E-state index contributed by atoms with van der Waals surface area (Å²) in [5, 5.41) is 2.58. The van der Waals surface area contributed by atoms with E-state index in [-0.39, 0.29) is 26.9 Å². The summed E-state index contributed by atoms with van der Waals surface area (Å²) in [6, 6.07) is 8.85. The lowest BCUT2D eigenvalue weighted by molar-refractivity contribution is -0.153. The van der Waals surface area contributed by atoms with E-state index in [0.717, 1.165) is 6.26 Å². The van der Waals surface area contributed by atoms with Crippen molar-refractivity contribution in [1.29, 1.82) is 0 Å². The second kappa shape index (κ2) is 7.55. The Kier molecular flexibility index (Phi) is 5.82. The van der Waals surface area contributed by atoms with Gasteiger partial charge in [0.25, 0.3) is 5.91 Å². The van der Waals surface area contributed by atoms with Gasteiger partial charge in [-0.1, -0.05) is 11.6 Å². The van der Waals surface area contributed by atoms with Gasteiger partial charge in [0, 0.05) is 16.8 Å². The summed E-state index contributed by atoms with van der Waals surface area (Å²) < 4.78 is 64.5. The van der Waals surface area contributed by atoms with Crippen LogP contribution in [0.4, 0.5) is 18.9 Å². The van der Waals surface area contributed by atoms with E-state index in [1.807, 2.05) is 0 Å². The maximum atomic E-state index is 12.3. The van der Waals surface area contributed by atoms with E-state index in [1.165, 1.54) is 42.5 Å². The highest BCUT2D eigenvalue weighted by Crippen LogP contribution is 2.30. The van der Waals surface area contributed by atoms with Crippen molar-refractivity contribution in [3.63, 3.8) is 0 Å². The molecular formula is C16H13ClF3NO4S. The summed E-state index contributed by atoms with van der Waals surface area (Å²) in [5.74, 6) is -0.864. The number of amides is 1. The quantitative estimate of drug-likeness (QED) is 0.815. The van der Waals surface area contributed by atoms with Crippen LogP contribution >= 0.6 is 11.6 Å². The molecule has 1 N–H and O–H groups in total. The first kappa shape index (κ1) is 20.1. The molecule has 1 amide bonds. The van der Waals surface area contributed by atoms with E-state index in [1.54, 1.807) is 0 Å². The molecular weight excluding hydrogens is 395 g/mol. The van der Waals surface area contributed by atoms with Gasteiger partial charge in [0.1, 0.15) is 5.75 Å². The Morgan fingerprint density at radius 3 is 2.31 bits per heavy atom. The fourth-order valence-corrected chi connectivity index (χ4v) is 2.74. The minimum Gasteiger partial charge on any atom is -0.482 e. The van der Waals surface area contributed by atoms with Crippen LogP contribution in [0, 0.1) is 0 Å². The molecule has 0 saturated carbocycles. The third-order valence-corrected chi connectivity index (χ3v) is 4.49. The molecule has 2 aromatic carbocycles. The van der Waals surface area contributed by atoms with E-state index in [4.69, 9.17) is 11.6 Å². The summed E-state index contributed by atoms with van der Waals surface area (Å²) in [5.41, 5.74) is 0.0677. The maximum absolute atomic E-state index is 12.3. The number of hydrogen-bond acceptors (Lipinski definition) is 4. The fraction of sp³-hybridized carbons (Fsp3) is 0.188. The number of carbonyl (C=O) groups excluding carboxylic acids is 1. The summed E-state index contributed by atoms with van der Waals surface area (Å²) in [7, 11) is -3.41. The van der Waals surface area contributed by atoms with Crippen molar-refractivity contribution < 1.29 is 31.1 Å². The molecule has 0 aliphatic carbocycles. The van der Waals surface area contributed by atoms with Gasteiger partial charge in [0.2, 0.25) is 0 Å². The van der Waals surface area contributed by atoms with Gasteiger partial charge in [0.15, 0.2) is 16.4 Å². The molecule has 0 bridgehead atoms. The molecule has 5 nitrogen and oxygen atoms in total. The van der Waals surface area contributed by atoms with E-state index >= 15 is 0 Å². The molecule has 10 heteroatoms. The van der Waals surface area contributed by atoms with Crippen LogP contribution in [0.1, 0.15) is 10.4 Å². The molecule has 0 radical (unpaired) electrons. The molecule has 0 heterocycles. The third kappa shape index (κ3) is 5.63. The second-order valence-electron chi connectivity index (χ2n) is 5.30. The van der Waals surface area contributed by atoms with Gasteiger partial charge in [-0.15, -0.1) is 0 Å². The van der Waals surface area contributed by atoms with Crippen molar-refractivity contribution >= 4 is 33.0 Å². The predicted octanol–water partition coefficient (Wildman–Crippen LogP) is 3.94. The highest BCUT2D eigenvalue weighted by Gasteiger charge is 2.29. The Labute approximate surface area is 152 Å². The molecule has 0 atom stereocenters. The largest absolute Gasteiger partial charge is 0.482 e. The summed E-state index contributed by atoms with van der Waals surface area (Å²) in [4.78, 5) is 12.3. The van der Waals surface area contributed by atoms with Crippen molar-refractivity contribution in [3.05, 3.63) is 53.1 Å². The number of carbonyl (C=O) groups is 1. The van der Waals surface area contributed by atoms with Gasteiger partial charge >= 0.3 is 6.18 Å². The Bertz CT molecular complexity index is 912. The van der Waals surface area contributed by atoms with Crippen molar-refractivity contribution in [1.82, 2.24) is 0 Å². The molecule has 0 fully saturated rings. The van der Waals surface area contributed by atoms with Crippen LogP contribution in [0.5, 0.6) is 5.75 Å². The lowest BCUT2D eigenvalue weighted by atomic mass is 10.2. The van der Waals surface area contributed by atoms with Crippen molar-refractivity contribution in [2.75, 3.05) is 18.2 Å². The number of ether oxygens (including phenoxy) is 1. The predicted molar refractivity (Wildman–Crippen MR) is 90.5 cm³/mol. The molecule has 2 rings (SSSR count). The topological polar surface area (TPSA) is 72.5 Å². The zero-order chi connectivity index (χ0) is 19.5. The van der Waals surface area contributed by atoms with Crippen molar-refractivity contribution in [3.8, 4) is 5.75 Å². The number of rotatable bonds is 5. The molecule has 2 aromatic rings. The van der Waals surface area contributed by atoms with Crippen molar-refractivity contribution in [2.45, 2.75) is 11.1 Å². The minimum absolute atomic E-state index is 0.0333. The molecule has 0 aromatic heterocycles. The van der Waals surface area contributed by atoms with Crippen LogP contribution in [0.15, 0.2) is 47.4 Å². The number of anilines is 1. The number of hydrogen-bond donors (Lipinski definition) is 1. The Morgan fingerprint density at radius 2 is 1.77 bits per heavy atom. The number of sulfone groups is 1. The van der Waals surface area contributed by atoms with E-state index in [2.05, 4.69) is 10.1 Å². The molecule has 0 spiro atoms. The molecule has 0 saturated heterocycles. The lowest BCUT2D eigenvalue weighted by Crippen LogP contribution is -2.20. The minimum atomic E-state index is -4.54. The molecule has 0 unspecified atom stereocenters. The summed E-state index contributed by atoms with van der Waals surface area (Å²) in [6.45, 7) is -1.53. The Morgan fingerprint density at radius 1 is 1.15 bits per heavy atom. The number of nitrogens with one attached hydrogen (secondary N) is 1. The normalized spacial score (nSPS) is 11.9. The molecule has 0 aliphatic heterocycles. The van der Waals surface area contributed by atoms with Crippen LogP contribution in [-0.2, 0) is 9.84 Å². The fourth-order valence-electron chi connectivity index (χ4n) is 1.93. The SMILES string of the molecule is CS(=O)(=O)c1ccc(C(=O)Nc2cc(Cl)ccc2OCC(F)(F)F)cc1. The molecule has 26 heavy (non-hydrogen) atoms. The molecule has 0 aliphatic rings. The first-order valence-electron chi connectivity index (χ1n) is 7.06. The van der Waals surface area contributed by atoms with E-state index < -0.39 is 28.5 Å². The lowest BCUT2D eigenvalue weighted by Gasteiger charge is -2.14. The average molecular weight is 408 g/mol. The van der Waals surface area contributed by atoms with Crippen LogP contribution in [0.2, 0.25) is 5.02 Å². The van der Waals surface area contributed by atoms with E-state index in [9.17, 15) is 26.4 Å². The van der Waals surface area contributed by atoms with Crippen LogP contribution in [0.3, 0.4) is 0 Å².